The zero-order valence-electron chi connectivity index (χ0n) is 24.1. The average Bonchev–Trinajstić information content (AvgIpc) is 3.69. The van der Waals surface area contributed by atoms with Crippen molar-refractivity contribution >= 4 is 70.5 Å². The summed E-state index contributed by atoms with van der Waals surface area (Å²) < 4.78 is 31.0. The van der Waals surface area contributed by atoms with Gasteiger partial charge in [-0.1, -0.05) is 53.6 Å². The molecule has 0 spiro atoms. The summed E-state index contributed by atoms with van der Waals surface area (Å²) in [6.45, 7) is 2.78. The number of benzene rings is 4. The van der Waals surface area contributed by atoms with Crippen LogP contribution >= 0.6 is 22.9 Å². The number of H-pyrrole nitrogens is 1. The molecule has 0 bridgehead atoms. The third kappa shape index (κ3) is 4.53. The second-order valence-corrected chi connectivity index (χ2v) is 15.1. The summed E-state index contributed by atoms with van der Waals surface area (Å²) >= 11 is 8.02. The van der Waals surface area contributed by atoms with Gasteiger partial charge < -0.3 is 10.3 Å². The zero-order valence-corrected chi connectivity index (χ0v) is 26.5. The minimum atomic E-state index is -3.84. The molecule has 220 valence electrons. The van der Waals surface area contributed by atoms with E-state index in [9.17, 15) is 8.42 Å². The first kappa shape index (κ1) is 27.5. The van der Waals surface area contributed by atoms with Crippen LogP contribution in [-0.2, 0) is 16.4 Å². The molecule has 2 N–H and O–H groups in total. The smallest absolute Gasteiger partial charge is 0.268 e. The van der Waals surface area contributed by atoms with Crippen molar-refractivity contribution in [2.45, 2.75) is 37.0 Å². The van der Waals surface area contributed by atoms with E-state index in [0.717, 1.165) is 62.1 Å². The summed E-state index contributed by atoms with van der Waals surface area (Å²) in [5.74, 6) is 0.178. The Bertz CT molecular complexity index is 2310. The number of aromatic nitrogens is 2. The van der Waals surface area contributed by atoms with E-state index in [-0.39, 0.29) is 10.8 Å². The Hall–Kier alpha value is -4.04. The van der Waals surface area contributed by atoms with Crippen molar-refractivity contribution in [1.29, 1.82) is 0 Å². The molecule has 0 saturated carbocycles. The van der Waals surface area contributed by atoms with Gasteiger partial charge in [0.15, 0.2) is 0 Å². The number of hydrogen-bond acceptors (Lipinski definition) is 4. The number of aromatic amines is 1. The molecule has 0 fully saturated rings. The lowest BCUT2D eigenvalue weighted by Gasteiger charge is -2.19. The molecule has 0 amide bonds. The predicted octanol–water partition coefficient (Wildman–Crippen LogP) is 9.46. The first-order valence-corrected chi connectivity index (χ1v) is 17.5. The molecule has 0 aliphatic carbocycles. The minimum absolute atomic E-state index is 0.178. The Morgan fingerprint density at radius 1 is 0.977 bits per heavy atom. The van der Waals surface area contributed by atoms with E-state index < -0.39 is 10.0 Å². The summed E-state index contributed by atoms with van der Waals surface area (Å²) in [6.07, 6.45) is 6.60. The first-order chi connectivity index (χ1) is 21.4. The molecule has 5 nitrogen and oxygen atoms in total. The van der Waals surface area contributed by atoms with Crippen LogP contribution in [0.1, 0.15) is 45.9 Å². The third-order valence-electron chi connectivity index (χ3n) is 8.86. The lowest BCUT2D eigenvalue weighted by Crippen LogP contribution is -2.12. The van der Waals surface area contributed by atoms with Gasteiger partial charge in [0.1, 0.15) is 0 Å². The molecule has 1 unspecified atom stereocenters. The standard InChI is InChI=1S/C36H30ClN3O2S2/c1-22-8-11-27(12-9-22)44(41,42)40-21-24(19-26-18-23-17-25(37)10-15-34(23)43-26)35-33(40)14-13-30-28(6-4-16-38-36(30)35)31-20-39-32-7-3-2-5-29(31)32/h2-3,5,7-15,17-18,20-21,28,38-39H,4,6,16,19H2,1H3. The molecule has 4 aromatic carbocycles. The number of aryl methyl sites for hydroxylation is 1. The molecule has 8 rings (SSSR count). The van der Waals surface area contributed by atoms with Gasteiger partial charge in [-0.05, 0) is 90.4 Å². The van der Waals surface area contributed by atoms with E-state index in [0.29, 0.717) is 17.0 Å². The van der Waals surface area contributed by atoms with Crippen LogP contribution < -0.4 is 5.32 Å². The maximum atomic E-state index is 14.2. The summed E-state index contributed by atoms with van der Waals surface area (Å²) in [7, 11) is -3.84. The zero-order chi connectivity index (χ0) is 30.0. The fourth-order valence-corrected chi connectivity index (χ4v) is 9.39. The van der Waals surface area contributed by atoms with E-state index in [1.165, 1.54) is 20.5 Å². The fraction of sp³-hybridized carbons (Fsp3) is 0.167. The van der Waals surface area contributed by atoms with Crippen molar-refractivity contribution < 1.29 is 8.42 Å². The second-order valence-electron chi connectivity index (χ2n) is 11.7. The van der Waals surface area contributed by atoms with Gasteiger partial charge >= 0.3 is 0 Å². The normalized spacial score (nSPS) is 15.5. The van der Waals surface area contributed by atoms with Crippen LogP contribution in [0, 0.1) is 6.92 Å². The molecule has 1 aliphatic rings. The van der Waals surface area contributed by atoms with E-state index in [1.807, 2.05) is 43.5 Å². The highest BCUT2D eigenvalue weighted by Crippen LogP contribution is 2.45. The van der Waals surface area contributed by atoms with Crippen LogP contribution in [0.3, 0.4) is 0 Å². The van der Waals surface area contributed by atoms with Crippen molar-refractivity contribution in [3.8, 4) is 0 Å². The maximum absolute atomic E-state index is 14.2. The van der Waals surface area contributed by atoms with E-state index in [1.54, 1.807) is 23.5 Å². The SMILES string of the molecule is Cc1ccc(S(=O)(=O)n2cc(Cc3cc4cc(Cl)ccc4s3)c3c4c(ccc32)C(c2c[nH]c3ccccc23)CCCN4)cc1. The second kappa shape index (κ2) is 10.5. The van der Waals surface area contributed by atoms with Crippen molar-refractivity contribution in [3.05, 3.63) is 129 Å². The Morgan fingerprint density at radius 3 is 2.68 bits per heavy atom. The Labute approximate surface area is 265 Å². The van der Waals surface area contributed by atoms with Gasteiger partial charge in [-0.25, -0.2) is 12.4 Å². The number of nitrogens with one attached hydrogen (secondary N) is 2. The molecular formula is C36H30ClN3O2S2. The van der Waals surface area contributed by atoms with Crippen LogP contribution in [-0.4, -0.2) is 23.9 Å². The van der Waals surface area contributed by atoms with Crippen LogP contribution in [0.25, 0.3) is 31.9 Å². The largest absolute Gasteiger partial charge is 0.384 e. The van der Waals surface area contributed by atoms with Crippen LogP contribution in [0.5, 0.6) is 0 Å². The predicted molar refractivity (Wildman–Crippen MR) is 183 cm³/mol. The van der Waals surface area contributed by atoms with Crippen molar-refractivity contribution in [2.24, 2.45) is 0 Å². The van der Waals surface area contributed by atoms with Gasteiger partial charge in [-0.15, -0.1) is 11.3 Å². The van der Waals surface area contributed by atoms with E-state index in [2.05, 4.69) is 59.0 Å². The van der Waals surface area contributed by atoms with E-state index >= 15 is 0 Å². The maximum Gasteiger partial charge on any atom is 0.268 e. The van der Waals surface area contributed by atoms with Gasteiger partial charge in [0.25, 0.3) is 10.0 Å². The lowest BCUT2D eigenvalue weighted by molar-refractivity contribution is 0.589. The topological polar surface area (TPSA) is 66.9 Å². The number of fused-ring (bicyclic) bond motifs is 5. The number of anilines is 1. The number of thiophene rings is 1. The first-order valence-electron chi connectivity index (χ1n) is 14.8. The van der Waals surface area contributed by atoms with Gasteiger partial charge in [0, 0.05) is 67.9 Å². The minimum Gasteiger partial charge on any atom is -0.384 e. The average molecular weight is 636 g/mol. The molecular weight excluding hydrogens is 606 g/mol. The molecule has 44 heavy (non-hydrogen) atoms. The van der Waals surface area contributed by atoms with Gasteiger partial charge in [0.2, 0.25) is 0 Å². The van der Waals surface area contributed by atoms with Crippen LogP contribution in [0.15, 0.2) is 102 Å². The molecule has 4 heterocycles. The summed E-state index contributed by atoms with van der Waals surface area (Å²) in [6, 6.07) is 27.8. The summed E-state index contributed by atoms with van der Waals surface area (Å²) in [5.41, 5.74) is 7.34. The summed E-state index contributed by atoms with van der Waals surface area (Å²) in [4.78, 5) is 4.91. The van der Waals surface area contributed by atoms with Crippen LogP contribution in [0.2, 0.25) is 5.02 Å². The number of nitrogens with zero attached hydrogens (tertiary/aromatic N) is 1. The molecule has 3 aromatic heterocycles. The quantitative estimate of drug-likeness (QED) is 0.198. The lowest BCUT2D eigenvalue weighted by atomic mass is 9.86. The van der Waals surface area contributed by atoms with E-state index in [4.69, 9.17) is 11.6 Å². The Morgan fingerprint density at radius 2 is 1.82 bits per heavy atom. The molecule has 0 saturated heterocycles. The van der Waals surface area contributed by atoms with Crippen LogP contribution in [0.4, 0.5) is 5.69 Å². The van der Waals surface area contributed by atoms with Gasteiger partial charge in [-0.2, -0.15) is 0 Å². The number of hydrogen-bond donors (Lipinski definition) is 2. The van der Waals surface area contributed by atoms with Gasteiger partial charge in [0.05, 0.1) is 10.4 Å². The third-order valence-corrected chi connectivity index (χ3v) is 11.9. The molecule has 8 heteroatoms. The highest BCUT2D eigenvalue weighted by molar-refractivity contribution is 7.90. The highest BCUT2D eigenvalue weighted by atomic mass is 35.5. The Kier molecular flexibility index (Phi) is 6.59. The van der Waals surface area contributed by atoms with Crippen molar-refractivity contribution in [3.63, 3.8) is 0 Å². The number of para-hydroxylation sites is 1. The summed E-state index contributed by atoms with van der Waals surface area (Å²) in [5, 5.41) is 7.76. The van der Waals surface area contributed by atoms with Crippen molar-refractivity contribution in [1.82, 2.24) is 8.96 Å². The fourth-order valence-electron chi connectivity index (χ4n) is 6.75. The number of rotatable bonds is 5. The molecule has 1 aliphatic heterocycles. The van der Waals surface area contributed by atoms with Gasteiger partial charge in [-0.3, -0.25) is 0 Å². The Balaban J connectivity index is 1.35. The monoisotopic (exact) mass is 635 g/mol. The number of halogens is 1. The highest BCUT2D eigenvalue weighted by Gasteiger charge is 2.29. The molecule has 1 atom stereocenters. The molecule has 0 radical (unpaired) electrons. The van der Waals surface area contributed by atoms with Crippen molar-refractivity contribution in [2.75, 3.05) is 11.9 Å². The molecule has 7 aromatic rings.